The van der Waals surface area contributed by atoms with Gasteiger partial charge in [0.25, 0.3) is 5.56 Å². The number of carbonyl (C=O) groups is 1. The Hall–Kier alpha value is -3.48. The maximum atomic E-state index is 14.1. The van der Waals surface area contributed by atoms with E-state index in [2.05, 4.69) is 11.9 Å². The van der Waals surface area contributed by atoms with Gasteiger partial charge in [-0.3, -0.25) is 14.2 Å². The highest BCUT2D eigenvalue weighted by Gasteiger charge is 2.25. The first-order chi connectivity index (χ1) is 15.5. The summed E-state index contributed by atoms with van der Waals surface area (Å²) in [5.74, 6) is -0.430. The molecular formula is C25H25FN4O2. The Morgan fingerprint density at radius 1 is 1.16 bits per heavy atom. The molecule has 1 atom stereocenters. The summed E-state index contributed by atoms with van der Waals surface area (Å²) in [4.78, 5) is 33.1. The lowest BCUT2D eigenvalue weighted by molar-refractivity contribution is -0.134. The Morgan fingerprint density at radius 3 is 2.75 bits per heavy atom. The molecule has 1 aliphatic rings. The van der Waals surface area contributed by atoms with Crippen molar-refractivity contribution in [1.29, 1.82) is 0 Å². The standard InChI is InChI=1S/C25H25FN4O2/c1-17-7-5-6-12-29(17)22(31)15-30-21-11-10-19(26)13-20(21)23-24(30)25(32)28(16-27-23)14-18-8-3-2-4-9-18/h2-4,8-11,13,16-17H,5-7,12,14-15H2,1H3. The molecule has 1 unspecified atom stereocenters. The molecule has 0 bridgehead atoms. The summed E-state index contributed by atoms with van der Waals surface area (Å²) in [6.45, 7) is 3.19. The van der Waals surface area contributed by atoms with Crippen LogP contribution in [0.5, 0.6) is 0 Å². The first kappa shape index (κ1) is 20.4. The topological polar surface area (TPSA) is 60.1 Å². The number of aromatic nitrogens is 3. The largest absolute Gasteiger partial charge is 0.338 e. The smallest absolute Gasteiger partial charge is 0.278 e. The zero-order chi connectivity index (χ0) is 22.2. The van der Waals surface area contributed by atoms with E-state index in [0.29, 0.717) is 28.5 Å². The van der Waals surface area contributed by atoms with Gasteiger partial charge in [0.15, 0.2) is 0 Å². The summed E-state index contributed by atoms with van der Waals surface area (Å²) in [7, 11) is 0. The van der Waals surface area contributed by atoms with Crippen LogP contribution in [0.2, 0.25) is 0 Å². The van der Waals surface area contributed by atoms with Gasteiger partial charge in [-0.05, 0) is 49.9 Å². The lowest BCUT2D eigenvalue weighted by Crippen LogP contribution is -2.43. The van der Waals surface area contributed by atoms with Crippen molar-refractivity contribution >= 4 is 27.8 Å². The van der Waals surface area contributed by atoms with Crippen LogP contribution in [-0.2, 0) is 17.9 Å². The Kier molecular flexibility index (Phi) is 5.25. The quantitative estimate of drug-likeness (QED) is 0.491. The molecule has 1 fully saturated rings. The lowest BCUT2D eigenvalue weighted by atomic mass is 10.0. The Morgan fingerprint density at radius 2 is 1.97 bits per heavy atom. The molecule has 7 heteroatoms. The van der Waals surface area contributed by atoms with E-state index in [0.717, 1.165) is 31.4 Å². The number of hydrogen-bond acceptors (Lipinski definition) is 3. The summed E-state index contributed by atoms with van der Waals surface area (Å²) >= 11 is 0. The summed E-state index contributed by atoms with van der Waals surface area (Å²) in [6.07, 6.45) is 4.59. The molecule has 6 nitrogen and oxygen atoms in total. The van der Waals surface area contributed by atoms with Gasteiger partial charge in [-0.15, -0.1) is 0 Å². The van der Waals surface area contributed by atoms with Crippen molar-refractivity contribution in [2.45, 2.75) is 45.3 Å². The third-order valence-corrected chi connectivity index (χ3v) is 6.40. The molecule has 2 aromatic carbocycles. The Bertz CT molecular complexity index is 1360. The number of halogens is 1. The van der Waals surface area contributed by atoms with Crippen LogP contribution in [0.15, 0.2) is 59.7 Å². The van der Waals surface area contributed by atoms with Crippen molar-refractivity contribution in [3.63, 3.8) is 0 Å². The molecule has 3 heterocycles. The van der Waals surface area contributed by atoms with Crippen molar-refractivity contribution in [1.82, 2.24) is 19.0 Å². The molecule has 32 heavy (non-hydrogen) atoms. The molecule has 0 spiro atoms. The van der Waals surface area contributed by atoms with Gasteiger partial charge in [0.1, 0.15) is 23.4 Å². The second-order valence-electron chi connectivity index (χ2n) is 8.54. The normalized spacial score (nSPS) is 16.7. The van der Waals surface area contributed by atoms with Gasteiger partial charge >= 0.3 is 0 Å². The predicted molar refractivity (Wildman–Crippen MR) is 122 cm³/mol. The van der Waals surface area contributed by atoms with Gasteiger partial charge in [-0.1, -0.05) is 30.3 Å². The summed E-state index contributed by atoms with van der Waals surface area (Å²) in [6, 6.07) is 14.2. The molecule has 5 rings (SSSR count). The van der Waals surface area contributed by atoms with E-state index in [1.807, 2.05) is 35.2 Å². The van der Waals surface area contributed by atoms with Gasteiger partial charge in [0, 0.05) is 18.0 Å². The number of fused-ring (bicyclic) bond motifs is 3. The van der Waals surface area contributed by atoms with Crippen LogP contribution in [0.25, 0.3) is 21.9 Å². The molecule has 164 valence electrons. The number of amides is 1. The molecule has 4 aromatic rings. The summed E-state index contributed by atoms with van der Waals surface area (Å²) in [5, 5.41) is 0.545. The number of benzene rings is 2. The average molecular weight is 432 g/mol. The zero-order valence-corrected chi connectivity index (χ0v) is 18.0. The first-order valence-corrected chi connectivity index (χ1v) is 11.0. The van der Waals surface area contributed by atoms with Gasteiger partial charge in [-0.2, -0.15) is 0 Å². The maximum absolute atomic E-state index is 14.1. The molecule has 0 N–H and O–H groups in total. The van der Waals surface area contributed by atoms with Crippen molar-refractivity contribution in [3.05, 3.63) is 76.6 Å². The fraction of sp³-hybridized carbons (Fsp3) is 0.320. The van der Waals surface area contributed by atoms with E-state index in [9.17, 15) is 14.0 Å². The summed E-state index contributed by atoms with van der Waals surface area (Å²) in [5.41, 5.74) is 2.13. The highest BCUT2D eigenvalue weighted by molar-refractivity contribution is 6.06. The van der Waals surface area contributed by atoms with Crippen LogP contribution in [0.3, 0.4) is 0 Å². The third kappa shape index (κ3) is 3.57. The maximum Gasteiger partial charge on any atom is 0.278 e. The first-order valence-electron chi connectivity index (χ1n) is 11.0. The van der Waals surface area contributed by atoms with Gasteiger partial charge in [0.05, 0.1) is 18.4 Å². The Balaban J connectivity index is 1.64. The van der Waals surface area contributed by atoms with Crippen LogP contribution in [0.4, 0.5) is 4.39 Å². The number of rotatable bonds is 4. The van der Waals surface area contributed by atoms with Crippen molar-refractivity contribution < 1.29 is 9.18 Å². The number of hydrogen-bond donors (Lipinski definition) is 0. The molecule has 2 aromatic heterocycles. The molecule has 1 saturated heterocycles. The summed E-state index contributed by atoms with van der Waals surface area (Å²) < 4.78 is 17.3. The van der Waals surface area contributed by atoms with E-state index in [1.54, 1.807) is 10.6 Å². The van der Waals surface area contributed by atoms with E-state index in [4.69, 9.17) is 0 Å². The molecule has 0 aliphatic carbocycles. The third-order valence-electron chi connectivity index (χ3n) is 6.40. The van der Waals surface area contributed by atoms with E-state index < -0.39 is 5.82 Å². The van der Waals surface area contributed by atoms with Crippen LogP contribution in [-0.4, -0.2) is 37.5 Å². The van der Waals surface area contributed by atoms with Crippen molar-refractivity contribution in [2.75, 3.05) is 6.54 Å². The fourth-order valence-electron chi connectivity index (χ4n) is 4.72. The lowest BCUT2D eigenvalue weighted by Gasteiger charge is -2.33. The number of nitrogens with zero attached hydrogens (tertiary/aromatic N) is 4. The van der Waals surface area contributed by atoms with E-state index >= 15 is 0 Å². The minimum Gasteiger partial charge on any atom is -0.338 e. The SMILES string of the molecule is CC1CCCCN1C(=O)Cn1c2ccc(F)cc2c2ncn(Cc3ccccc3)c(=O)c21. The second-order valence-corrected chi connectivity index (χ2v) is 8.54. The van der Waals surface area contributed by atoms with Crippen molar-refractivity contribution in [2.24, 2.45) is 0 Å². The minimum atomic E-state index is -0.400. The highest BCUT2D eigenvalue weighted by Crippen LogP contribution is 2.27. The molecule has 1 aliphatic heterocycles. The second kappa shape index (κ2) is 8.22. The minimum absolute atomic E-state index is 0.0295. The van der Waals surface area contributed by atoms with Crippen LogP contribution in [0.1, 0.15) is 31.7 Å². The fourth-order valence-corrected chi connectivity index (χ4v) is 4.72. The molecular weight excluding hydrogens is 407 g/mol. The highest BCUT2D eigenvalue weighted by atomic mass is 19.1. The average Bonchev–Trinajstić information content (AvgIpc) is 3.10. The van der Waals surface area contributed by atoms with Gasteiger partial charge in [0.2, 0.25) is 5.91 Å². The number of likely N-dealkylation sites (tertiary alicyclic amines) is 1. The van der Waals surface area contributed by atoms with E-state index in [1.165, 1.54) is 23.0 Å². The van der Waals surface area contributed by atoms with Crippen LogP contribution in [0, 0.1) is 5.82 Å². The van der Waals surface area contributed by atoms with E-state index in [-0.39, 0.29) is 24.1 Å². The zero-order valence-electron chi connectivity index (χ0n) is 18.0. The number of carbonyl (C=O) groups excluding carboxylic acids is 1. The molecule has 0 saturated carbocycles. The van der Waals surface area contributed by atoms with Crippen molar-refractivity contribution in [3.8, 4) is 0 Å². The van der Waals surface area contributed by atoms with Crippen LogP contribution >= 0.6 is 0 Å². The predicted octanol–water partition coefficient (Wildman–Crippen LogP) is 3.94. The molecule has 1 amide bonds. The van der Waals surface area contributed by atoms with Gasteiger partial charge < -0.3 is 9.47 Å². The van der Waals surface area contributed by atoms with Crippen LogP contribution < -0.4 is 5.56 Å². The van der Waals surface area contributed by atoms with Gasteiger partial charge in [-0.25, -0.2) is 9.37 Å². The number of piperidine rings is 1. The Labute approximate surface area is 184 Å². The molecule has 0 radical (unpaired) electrons. The monoisotopic (exact) mass is 432 g/mol.